The van der Waals surface area contributed by atoms with E-state index in [1.165, 1.54) is 12.1 Å². The molecule has 0 bridgehead atoms. The molecule has 0 spiro atoms. The quantitative estimate of drug-likeness (QED) is 0.236. The van der Waals surface area contributed by atoms with E-state index in [1.54, 1.807) is 18.2 Å². The lowest BCUT2D eigenvalue weighted by molar-refractivity contribution is -0.384. The van der Waals surface area contributed by atoms with Gasteiger partial charge in [0.1, 0.15) is 5.75 Å². The Hall–Kier alpha value is -3.93. The molecular formula is C25H24N2O4. The van der Waals surface area contributed by atoms with Gasteiger partial charge in [-0.3, -0.25) is 14.9 Å². The molecule has 0 aliphatic rings. The number of nitrogens with zero attached hydrogens (tertiary/aromatic N) is 1. The Morgan fingerprint density at radius 2 is 1.74 bits per heavy atom. The smallest absolute Gasteiger partial charge is 0.270 e. The van der Waals surface area contributed by atoms with E-state index < -0.39 is 4.92 Å². The highest BCUT2D eigenvalue weighted by Gasteiger charge is 2.13. The highest BCUT2D eigenvalue weighted by molar-refractivity contribution is 6.24. The molecule has 0 unspecified atom stereocenters. The number of carbonyl (C=O) groups excluding carboxylic acids is 1. The van der Waals surface area contributed by atoms with Crippen LogP contribution in [0.3, 0.4) is 0 Å². The first-order valence-electron chi connectivity index (χ1n) is 9.98. The summed E-state index contributed by atoms with van der Waals surface area (Å²) >= 11 is 0. The van der Waals surface area contributed by atoms with Gasteiger partial charge < -0.3 is 10.1 Å². The fourth-order valence-corrected chi connectivity index (χ4v) is 3.03. The third-order valence-electron chi connectivity index (χ3n) is 4.47. The summed E-state index contributed by atoms with van der Waals surface area (Å²) < 4.78 is 5.64. The van der Waals surface area contributed by atoms with Gasteiger partial charge in [0.05, 0.1) is 11.0 Å². The van der Waals surface area contributed by atoms with E-state index in [-0.39, 0.29) is 17.7 Å². The van der Waals surface area contributed by atoms with Gasteiger partial charge >= 0.3 is 0 Å². The lowest BCUT2D eigenvalue weighted by Crippen LogP contribution is -2.23. The van der Waals surface area contributed by atoms with Crippen LogP contribution in [0.1, 0.15) is 30.5 Å². The van der Waals surface area contributed by atoms with Gasteiger partial charge in [0.15, 0.2) is 0 Å². The van der Waals surface area contributed by atoms with Crippen LogP contribution in [0.4, 0.5) is 5.69 Å². The first-order valence-corrected chi connectivity index (χ1v) is 9.98. The molecule has 6 heteroatoms. The third kappa shape index (κ3) is 6.27. The normalized spacial score (nSPS) is 11.3. The van der Waals surface area contributed by atoms with E-state index in [2.05, 4.69) is 5.32 Å². The minimum Gasteiger partial charge on any atom is -0.491 e. The van der Waals surface area contributed by atoms with Crippen LogP contribution in [0.2, 0.25) is 0 Å². The number of nitro groups is 1. The largest absolute Gasteiger partial charge is 0.491 e. The molecule has 158 valence electrons. The van der Waals surface area contributed by atoms with Gasteiger partial charge in [0, 0.05) is 24.3 Å². The Balaban J connectivity index is 1.80. The predicted octanol–water partition coefficient (Wildman–Crippen LogP) is 5.24. The van der Waals surface area contributed by atoms with Crippen LogP contribution in [0.15, 0.2) is 78.9 Å². The molecule has 0 aliphatic heterocycles. The summed E-state index contributed by atoms with van der Waals surface area (Å²) in [5.74, 6) is 0.515. The zero-order valence-corrected chi connectivity index (χ0v) is 17.4. The van der Waals surface area contributed by atoms with Crippen LogP contribution in [-0.4, -0.2) is 16.9 Å². The van der Waals surface area contributed by atoms with Crippen molar-refractivity contribution in [1.29, 1.82) is 0 Å². The Labute approximate surface area is 181 Å². The maximum atomic E-state index is 13.0. The first kappa shape index (κ1) is 21.8. The first-order chi connectivity index (χ1) is 14.9. The molecule has 0 atom stereocenters. The summed E-state index contributed by atoms with van der Waals surface area (Å²) in [6.07, 6.45) is 1.76. The maximum absolute atomic E-state index is 13.0. The molecule has 0 aromatic heterocycles. The number of rotatable bonds is 8. The summed E-state index contributed by atoms with van der Waals surface area (Å²) in [5.41, 5.74) is 2.66. The zero-order valence-electron chi connectivity index (χ0n) is 17.4. The average Bonchev–Trinajstić information content (AvgIpc) is 2.77. The molecule has 0 fully saturated rings. The number of nitrogens with one attached hydrogen (secondary N) is 1. The Bertz CT molecular complexity index is 1070. The van der Waals surface area contributed by atoms with Crippen LogP contribution < -0.4 is 10.1 Å². The number of amides is 1. The van der Waals surface area contributed by atoms with Gasteiger partial charge in [-0.15, -0.1) is 0 Å². The van der Waals surface area contributed by atoms with Crippen LogP contribution >= 0.6 is 0 Å². The maximum Gasteiger partial charge on any atom is 0.270 e. The lowest BCUT2D eigenvalue weighted by atomic mass is 10.0. The van der Waals surface area contributed by atoms with E-state index in [9.17, 15) is 14.9 Å². The Morgan fingerprint density at radius 3 is 2.39 bits per heavy atom. The van der Waals surface area contributed by atoms with Crippen LogP contribution in [0.5, 0.6) is 5.75 Å². The second kappa shape index (κ2) is 10.2. The molecular weight excluding hydrogens is 392 g/mol. The zero-order chi connectivity index (χ0) is 22.2. The number of non-ortho nitro benzene ring substituents is 1. The Morgan fingerprint density at radius 1 is 1.03 bits per heavy atom. The molecule has 1 N–H and O–H groups in total. The second-order valence-corrected chi connectivity index (χ2v) is 7.27. The lowest BCUT2D eigenvalue weighted by Gasteiger charge is -2.12. The van der Waals surface area contributed by atoms with Crippen molar-refractivity contribution in [2.24, 2.45) is 0 Å². The molecule has 1 amide bonds. The van der Waals surface area contributed by atoms with Crippen molar-refractivity contribution < 1.29 is 14.5 Å². The highest BCUT2D eigenvalue weighted by Crippen LogP contribution is 2.22. The summed E-state index contributed by atoms with van der Waals surface area (Å²) in [5, 5.41) is 14.0. The van der Waals surface area contributed by atoms with Crippen molar-refractivity contribution in [2.75, 3.05) is 0 Å². The van der Waals surface area contributed by atoms with E-state index in [0.29, 0.717) is 17.7 Å². The van der Waals surface area contributed by atoms with E-state index >= 15 is 0 Å². The van der Waals surface area contributed by atoms with E-state index in [0.717, 1.165) is 16.9 Å². The number of benzene rings is 3. The molecule has 31 heavy (non-hydrogen) atoms. The minimum atomic E-state index is -0.452. The standard InChI is InChI=1S/C25H24N2O4/c1-18(2)31-23-13-11-19(12-14-23)17-26-25(28)24(21-8-4-3-5-9-21)16-20-7-6-10-22(15-20)27(29)30/h3-16,18H,17H2,1-2H3,(H,26,28)/b24-16+. The van der Waals surface area contributed by atoms with Crippen molar-refractivity contribution in [1.82, 2.24) is 5.32 Å². The van der Waals surface area contributed by atoms with Gasteiger partial charge in [-0.25, -0.2) is 0 Å². The van der Waals surface area contributed by atoms with Gasteiger partial charge in [0.25, 0.3) is 11.6 Å². The summed E-state index contributed by atoms with van der Waals surface area (Å²) in [7, 11) is 0. The SMILES string of the molecule is CC(C)Oc1ccc(CNC(=O)/C(=C/c2cccc([N+](=O)[O-])c2)c2ccccc2)cc1. The van der Waals surface area contributed by atoms with Crippen LogP contribution in [0, 0.1) is 10.1 Å². The summed E-state index contributed by atoms with van der Waals surface area (Å²) in [6, 6.07) is 23.0. The minimum absolute atomic E-state index is 0.0229. The molecule has 3 aromatic carbocycles. The number of ether oxygens (including phenoxy) is 1. The molecule has 0 heterocycles. The molecule has 0 aliphatic carbocycles. The molecule has 3 rings (SSSR count). The fourth-order valence-electron chi connectivity index (χ4n) is 3.03. The molecule has 0 radical (unpaired) electrons. The topological polar surface area (TPSA) is 81.5 Å². The summed E-state index contributed by atoms with van der Waals surface area (Å²) in [4.78, 5) is 23.6. The number of carbonyl (C=O) groups is 1. The average molecular weight is 416 g/mol. The predicted molar refractivity (Wildman–Crippen MR) is 121 cm³/mol. The number of hydrogen-bond donors (Lipinski definition) is 1. The fraction of sp³-hybridized carbons (Fsp3) is 0.160. The van der Waals surface area contributed by atoms with Crippen molar-refractivity contribution in [3.05, 3.63) is 106 Å². The molecule has 6 nitrogen and oxygen atoms in total. The van der Waals surface area contributed by atoms with Crippen molar-refractivity contribution >= 4 is 23.2 Å². The van der Waals surface area contributed by atoms with Crippen LogP contribution in [-0.2, 0) is 11.3 Å². The second-order valence-electron chi connectivity index (χ2n) is 7.27. The number of hydrogen-bond acceptors (Lipinski definition) is 4. The Kier molecular flexibility index (Phi) is 7.17. The third-order valence-corrected chi connectivity index (χ3v) is 4.47. The van der Waals surface area contributed by atoms with E-state index in [1.807, 2.05) is 68.4 Å². The molecule has 0 saturated heterocycles. The van der Waals surface area contributed by atoms with E-state index in [4.69, 9.17) is 4.74 Å². The van der Waals surface area contributed by atoms with Gasteiger partial charge in [-0.2, -0.15) is 0 Å². The summed E-state index contributed by atoms with van der Waals surface area (Å²) in [6.45, 7) is 4.28. The van der Waals surface area contributed by atoms with Crippen molar-refractivity contribution in [2.45, 2.75) is 26.5 Å². The van der Waals surface area contributed by atoms with Gasteiger partial charge in [-0.05, 0) is 48.7 Å². The van der Waals surface area contributed by atoms with Crippen molar-refractivity contribution in [3.63, 3.8) is 0 Å². The van der Waals surface area contributed by atoms with Gasteiger partial charge in [-0.1, -0.05) is 54.6 Å². The van der Waals surface area contributed by atoms with Crippen molar-refractivity contribution in [3.8, 4) is 5.75 Å². The molecule has 0 saturated carbocycles. The molecule has 3 aromatic rings. The monoisotopic (exact) mass is 416 g/mol. The van der Waals surface area contributed by atoms with Gasteiger partial charge in [0.2, 0.25) is 0 Å². The number of nitro benzene ring substituents is 1. The highest BCUT2D eigenvalue weighted by atomic mass is 16.6. The van der Waals surface area contributed by atoms with Crippen LogP contribution in [0.25, 0.3) is 11.6 Å².